The molecule has 0 atom stereocenters. The fraction of sp³-hybridized carbons (Fsp3) is 0.609. The predicted molar refractivity (Wildman–Crippen MR) is 210 cm³/mol. The molecule has 0 unspecified atom stereocenters. The molecular formula is C46H70O3. The number of unbranched alkanes of at least 4 members (excludes halogenated alkanes) is 14. The maximum Gasteiger partial charge on any atom is 0.123 e. The third-order valence-corrected chi connectivity index (χ3v) is 9.78. The summed E-state index contributed by atoms with van der Waals surface area (Å²) < 4.78 is 13.5. The van der Waals surface area contributed by atoms with Gasteiger partial charge in [-0.15, -0.1) is 0 Å². The number of aromatic hydroxyl groups is 1. The Morgan fingerprint density at radius 2 is 0.837 bits per heavy atom. The summed E-state index contributed by atoms with van der Waals surface area (Å²) in [5, 5.41) is 11.1. The fourth-order valence-corrected chi connectivity index (χ4v) is 7.06. The van der Waals surface area contributed by atoms with Gasteiger partial charge in [0.1, 0.15) is 28.5 Å². The molecule has 0 fully saturated rings. The molecule has 1 N–H and O–H groups in total. The maximum atomic E-state index is 11.1. The standard InChI is InChI=1S/C46H70O3/c1-7-9-11-13-15-17-19-21-28-38-30-23-25-34-43(38)48-45(3,4)36-40-32-27-33-42(47)41(40)37-46(5,6)49-44-35-26-24-31-39(44)29-22-20-18-16-14-12-10-8-2/h23-27,30-35,47H,7-22,28-29,36-37H2,1-6H3. The smallest absolute Gasteiger partial charge is 0.123 e. The highest BCUT2D eigenvalue weighted by atomic mass is 16.5. The van der Waals surface area contributed by atoms with Crippen LogP contribution in [-0.4, -0.2) is 16.3 Å². The minimum atomic E-state index is -0.503. The van der Waals surface area contributed by atoms with Crippen LogP contribution in [0.25, 0.3) is 0 Å². The quantitative estimate of drug-likeness (QED) is 0.0864. The van der Waals surface area contributed by atoms with Gasteiger partial charge in [-0.3, -0.25) is 0 Å². The SMILES string of the molecule is CCCCCCCCCCc1ccccc1OC(C)(C)Cc1cccc(O)c1CC(C)(C)Oc1ccccc1CCCCCCCCCC. The molecule has 3 heteroatoms. The number of phenols is 1. The monoisotopic (exact) mass is 671 g/mol. The highest BCUT2D eigenvalue weighted by molar-refractivity contribution is 5.42. The average molecular weight is 671 g/mol. The van der Waals surface area contributed by atoms with E-state index in [0.717, 1.165) is 35.5 Å². The Morgan fingerprint density at radius 1 is 0.449 bits per heavy atom. The maximum absolute atomic E-state index is 11.1. The van der Waals surface area contributed by atoms with Gasteiger partial charge < -0.3 is 14.6 Å². The molecule has 272 valence electrons. The van der Waals surface area contributed by atoms with E-state index in [9.17, 15) is 5.11 Å². The van der Waals surface area contributed by atoms with Crippen molar-refractivity contribution >= 4 is 0 Å². The normalized spacial score (nSPS) is 12.0. The molecule has 0 saturated heterocycles. The molecule has 0 aliphatic heterocycles. The summed E-state index contributed by atoms with van der Waals surface area (Å²) in [5.41, 5.74) is 3.66. The molecule has 0 bridgehead atoms. The molecule has 3 nitrogen and oxygen atoms in total. The Balaban J connectivity index is 1.60. The number of ether oxygens (including phenoxy) is 2. The van der Waals surface area contributed by atoms with Gasteiger partial charge in [0, 0.05) is 18.4 Å². The summed E-state index contributed by atoms with van der Waals surface area (Å²) in [4.78, 5) is 0. The number of benzene rings is 3. The van der Waals surface area contributed by atoms with Crippen LogP contribution in [0.15, 0.2) is 66.7 Å². The van der Waals surface area contributed by atoms with Crippen molar-refractivity contribution in [2.75, 3.05) is 0 Å². The lowest BCUT2D eigenvalue weighted by molar-refractivity contribution is 0.101. The van der Waals surface area contributed by atoms with Gasteiger partial charge in [-0.1, -0.05) is 152 Å². The van der Waals surface area contributed by atoms with Crippen molar-refractivity contribution in [1.29, 1.82) is 0 Å². The van der Waals surface area contributed by atoms with Gasteiger partial charge >= 0.3 is 0 Å². The van der Waals surface area contributed by atoms with Crippen molar-refractivity contribution in [1.82, 2.24) is 0 Å². The van der Waals surface area contributed by atoms with E-state index >= 15 is 0 Å². The van der Waals surface area contributed by atoms with E-state index in [1.165, 1.54) is 114 Å². The van der Waals surface area contributed by atoms with Crippen molar-refractivity contribution in [3.05, 3.63) is 89.0 Å². The van der Waals surface area contributed by atoms with E-state index in [0.29, 0.717) is 18.6 Å². The summed E-state index contributed by atoms with van der Waals surface area (Å²) in [6.07, 6.45) is 24.5. The number of aryl methyl sites for hydroxylation is 2. The van der Waals surface area contributed by atoms with E-state index in [4.69, 9.17) is 9.47 Å². The zero-order valence-corrected chi connectivity index (χ0v) is 32.3. The van der Waals surface area contributed by atoms with Crippen LogP contribution < -0.4 is 9.47 Å². The molecule has 0 aliphatic carbocycles. The molecule has 0 aliphatic rings. The second-order valence-electron chi connectivity index (χ2n) is 15.7. The van der Waals surface area contributed by atoms with Crippen LogP contribution >= 0.6 is 0 Å². The van der Waals surface area contributed by atoms with E-state index in [2.05, 4.69) is 96.1 Å². The van der Waals surface area contributed by atoms with Crippen LogP contribution in [0.3, 0.4) is 0 Å². The summed E-state index contributed by atoms with van der Waals surface area (Å²) in [6, 6.07) is 22.9. The zero-order chi connectivity index (χ0) is 35.4. The first kappa shape index (κ1) is 40.5. The number of rotatable bonds is 26. The Bertz CT molecular complexity index is 1320. The molecule has 0 spiro atoms. The lowest BCUT2D eigenvalue weighted by Gasteiger charge is -2.32. The van der Waals surface area contributed by atoms with E-state index < -0.39 is 11.2 Å². The summed E-state index contributed by atoms with van der Waals surface area (Å²) in [5.74, 6) is 2.27. The van der Waals surface area contributed by atoms with Crippen LogP contribution in [0.1, 0.15) is 167 Å². The third kappa shape index (κ3) is 15.7. The van der Waals surface area contributed by atoms with Crippen LogP contribution in [0.4, 0.5) is 0 Å². The molecule has 0 aromatic heterocycles. The minimum Gasteiger partial charge on any atom is -0.508 e. The third-order valence-electron chi connectivity index (χ3n) is 9.78. The highest BCUT2D eigenvalue weighted by Crippen LogP contribution is 2.34. The molecule has 49 heavy (non-hydrogen) atoms. The first-order valence-corrected chi connectivity index (χ1v) is 20.0. The predicted octanol–water partition coefficient (Wildman–Crippen LogP) is 13.6. The molecule has 0 saturated carbocycles. The molecule has 3 rings (SSSR count). The van der Waals surface area contributed by atoms with Gasteiger partial charge in [-0.25, -0.2) is 0 Å². The second-order valence-corrected chi connectivity index (χ2v) is 15.7. The largest absolute Gasteiger partial charge is 0.508 e. The van der Waals surface area contributed by atoms with E-state index in [-0.39, 0.29) is 0 Å². The molecular weight excluding hydrogens is 601 g/mol. The summed E-state index contributed by atoms with van der Waals surface area (Å²) >= 11 is 0. The van der Waals surface area contributed by atoms with Gasteiger partial charge in [-0.2, -0.15) is 0 Å². The van der Waals surface area contributed by atoms with Gasteiger partial charge in [0.25, 0.3) is 0 Å². The second kappa shape index (κ2) is 22.0. The molecule has 0 heterocycles. The van der Waals surface area contributed by atoms with Gasteiger partial charge in [0.15, 0.2) is 0 Å². The van der Waals surface area contributed by atoms with Crippen molar-refractivity contribution in [3.63, 3.8) is 0 Å². The molecule has 3 aromatic rings. The number of hydrogen-bond acceptors (Lipinski definition) is 3. The lowest BCUT2D eigenvalue weighted by atomic mass is 9.88. The minimum absolute atomic E-state index is 0.326. The Labute approximate surface area is 301 Å². The van der Waals surface area contributed by atoms with Crippen LogP contribution in [-0.2, 0) is 25.7 Å². The summed E-state index contributed by atoms with van der Waals surface area (Å²) in [7, 11) is 0. The zero-order valence-electron chi connectivity index (χ0n) is 32.3. The molecule has 3 aromatic carbocycles. The van der Waals surface area contributed by atoms with Gasteiger partial charge in [0.2, 0.25) is 0 Å². The van der Waals surface area contributed by atoms with Crippen molar-refractivity contribution in [2.24, 2.45) is 0 Å². The topological polar surface area (TPSA) is 38.7 Å². The number of para-hydroxylation sites is 2. The first-order valence-electron chi connectivity index (χ1n) is 20.0. The fourth-order valence-electron chi connectivity index (χ4n) is 7.06. The Morgan fingerprint density at radius 3 is 1.31 bits per heavy atom. The van der Waals surface area contributed by atoms with E-state index in [1.54, 1.807) is 6.07 Å². The number of phenolic OH excluding ortho intramolecular Hbond substituents is 1. The van der Waals surface area contributed by atoms with Crippen molar-refractivity contribution < 1.29 is 14.6 Å². The van der Waals surface area contributed by atoms with Crippen molar-refractivity contribution in [3.8, 4) is 17.2 Å². The van der Waals surface area contributed by atoms with Crippen LogP contribution in [0, 0.1) is 0 Å². The lowest BCUT2D eigenvalue weighted by Crippen LogP contribution is -2.34. The van der Waals surface area contributed by atoms with E-state index in [1.807, 2.05) is 6.07 Å². The van der Waals surface area contributed by atoms with Crippen molar-refractivity contribution in [2.45, 2.75) is 181 Å². The molecule has 0 radical (unpaired) electrons. The van der Waals surface area contributed by atoms with Gasteiger partial charge in [-0.05, 0) is 88.3 Å². The molecule has 0 amide bonds. The Hall–Kier alpha value is -2.94. The van der Waals surface area contributed by atoms with Crippen LogP contribution in [0.2, 0.25) is 0 Å². The van der Waals surface area contributed by atoms with Crippen LogP contribution in [0.5, 0.6) is 17.2 Å². The highest BCUT2D eigenvalue weighted by Gasteiger charge is 2.28. The van der Waals surface area contributed by atoms with Gasteiger partial charge in [0.05, 0.1) is 0 Å². The Kier molecular flexibility index (Phi) is 18.2. The summed E-state index contributed by atoms with van der Waals surface area (Å²) in [6.45, 7) is 13.2. The first-order chi connectivity index (χ1) is 23.6. The number of hydrogen-bond donors (Lipinski definition) is 1. The average Bonchev–Trinajstić information content (AvgIpc) is 3.06.